The normalized spacial score (nSPS) is 11.7. The maximum atomic E-state index is 13.0. The Bertz CT molecular complexity index is 1130. The molecule has 31 heavy (non-hydrogen) atoms. The van der Waals surface area contributed by atoms with E-state index in [0.717, 1.165) is 16.8 Å². The summed E-state index contributed by atoms with van der Waals surface area (Å²) in [5.41, 5.74) is 9.18. The van der Waals surface area contributed by atoms with Gasteiger partial charge < -0.3 is 10.6 Å². The van der Waals surface area contributed by atoms with Crippen LogP contribution in [0.1, 0.15) is 6.42 Å². The highest BCUT2D eigenvalue weighted by molar-refractivity contribution is 7.89. The number of sulfonamides is 1. The van der Waals surface area contributed by atoms with E-state index in [0.29, 0.717) is 18.7 Å². The number of nitrogens with two attached hydrogens (primary N) is 1. The van der Waals surface area contributed by atoms with E-state index in [1.807, 2.05) is 67.5 Å². The second-order valence-corrected chi connectivity index (χ2v) is 8.93. The van der Waals surface area contributed by atoms with Gasteiger partial charge in [-0.05, 0) is 60.5 Å². The van der Waals surface area contributed by atoms with E-state index in [4.69, 9.17) is 5.73 Å². The van der Waals surface area contributed by atoms with Crippen molar-refractivity contribution in [3.63, 3.8) is 0 Å². The van der Waals surface area contributed by atoms with Crippen molar-refractivity contribution in [3.05, 3.63) is 72.8 Å². The molecular weight excluding hydrogens is 410 g/mol. The third-order valence-corrected chi connectivity index (χ3v) is 6.16. The van der Waals surface area contributed by atoms with E-state index in [1.165, 1.54) is 0 Å². The van der Waals surface area contributed by atoms with Gasteiger partial charge in [-0.2, -0.15) is 5.11 Å². The van der Waals surface area contributed by atoms with E-state index in [2.05, 4.69) is 15.0 Å². The fourth-order valence-corrected chi connectivity index (χ4v) is 4.17. The fourth-order valence-electron chi connectivity index (χ4n) is 2.94. The summed E-state index contributed by atoms with van der Waals surface area (Å²) in [5, 5.41) is 8.41. The zero-order chi connectivity index (χ0) is 22.3. The Balaban J connectivity index is 2.01. The van der Waals surface area contributed by atoms with Crippen LogP contribution in [0.5, 0.6) is 0 Å². The van der Waals surface area contributed by atoms with Crippen LogP contribution in [0.15, 0.2) is 87.9 Å². The topological polar surface area (TPSA) is 100 Å². The average Bonchev–Trinajstić information content (AvgIpc) is 2.78. The van der Waals surface area contributed by atoms with Gasteiger partial charge in [0.25, 0.3) is 0 Å². The highest BCUT2D eigenvalue weighted by Gasteiger charge is 2.19. The molecule has 0 aliphatic rings. The average molecular weight is 438 g/mol. The number of benzene rings is 3. The van der Waals surface area contributed by atoms with Crippen molar-refractivity contribution in [2.75, 3.05) is 32.1 Å². The Morgan fingerprint density at radius 2 is 1.58 bits per heavy atom. The van der Waals surface area contributed by atoms with Gasteiger partial charge in [0.1, 0.15) is 10.6 Å². The molecule has 162 valence electrons. The lowest BCUT2D eigenvalue weighted by atomic mass is 10.0. The molecule has 3 rings (SSSR count). The standard InChI is InChI=1S/C23H27N5O2S/c1-28(2)21-12-9-18(10-13-21)19-11-14-22(27-26-20-7-4-3-5-8-20)23(17-19)31(29,30)25-16-6-15-24/h3-5,7-14,17,25H,6,15-16,24H2,1-2H3. The van der Waals surface area contributed by atoms with E-state index in [9.17, 15) is 8.42 Å². The lowest BCUT2D eigenvalue weighted by Gasteiger charge is -2.14. The fraction of sp³-hybridized carbons (Fsp3) is 0.217. The lowest BCUT2D eigenvalue weighted by molar-refractivity contribution is 0.580. The molecule has 0 atom stereocenters. The number of hydrogen-bond acceptors (Lipinski definition) is 6. The lowest BCUT2D eigenvalue weighted by Crippen LogP contribution is -2.26. The number of rotatable bonds is 9. The van der Waals surface area contributed by atoms with E-state index in [-0.39, 0.29) is 17.1 Å². The van der Waals surface area contributed by atoms with Crippen molar-refractivity contribution in [2.24, 2.45) is 16.0 Å². The first-order valence-electron chi connectivity index (χ1n) is 9.99. The molecule has 0 unspecified atom stereocenters. The largest absolute Gasteiger partial charge is 0.378 e. The molecule has 0 bridgehead atoms. The van der Waals surface area contributed by atoms with Crippen LogP contribution < -0.4 is 15.4 Å². The van der Waals surface area contributed by atoms with Crippen molar-refractivity contribution in [1.29, 1.82) is 0 Å². The quantitative estimate of drug-likeness (QED) is 0.381. The zero-order valence-electron chi connectivity index (χ0n) is 17.7. The van der Waals surface area contributed by atoms with Crippen molar-refractivity contribution < 1.29 is 8.42 Å². The predicted molar refractivity (Wildman–Crippen MR) is 126 cm³/mol. The van der Waals surface area contributed by atoms with Crippen LogP contribution in [0, 0.1) is 0 Å². The summed E-state index contributed by atoms with van der Waals surface area (Å²) in [4.78, 5) is 2.09. The molecule has 3 N–H and O–H groups in total. The van der Waals surface area contributed by atoms with Crippen LogP contribution in [-0.4, -0.2) is 35.6 Å². The Labute approximate surface area is 183 Å². The number of nitrogens with zero attached hydrogens (tertiary/aromatic N) is 3. The van der Waals surface area contributed by atoms with Crippen LogP contribution in [-0.2, 0) is 10.0 Å². The first-order chi connectivity index (χ1) is 14.9. The molecule has 0 saturated heterocycles. The maximum Gasteiger partial charge on any atom is 0.242 e. The summed E-state index contributed by atoms with van der Waals surface area (Å²) in [5.74, 6) is 0. The molecule has 0 radical (unpaired) electrons. The molecule has 0 aliphatic heterocycles. The number of hydrogen-bond donors (Lipinski definition) is 2. The molecule has 3 aromatic carbocycles. The summed E-state index contributed by atoms with van der Waals surface area (Å²) in [6, 6.07) is 22.3. The molecule has 8 heteroatoms. The third-order valence-electron chi connectivity index (χ3n) is 4.67. The van der Waals surface area contributed by atoms with Crippen molar-refractivity contribution in [2.45, 2.75) is 11.3 Å². The summed E-state index contributed by atoms with van der Waals surface area (Å²) in [6.45, 7) is 0.664. The van der Waals surface area contributed by atoms with Crippen LogP contribution >= 0.6 is 0 Å². The van der Waals surface area contributed by atoms with Crippen LogP contribution in [0.25, 0.3) is 11.1 Å². The van der Waals surface area contributed by atoms with E-state index in [1.54, 1.807) is 24.3 Å². The van der Waals surface area contributed by atoms with Crippen LogP contribution in [0.3, 0.4) is 0 Å². The minimum Gasteiger partial charge on any atom is -0.378 e. The minimum absolute atomic E-state index is 0.0818. The van der Waals surface area contributed by atoms with Crippen molar-refractivity contribution in [1.82, 2.24) is 4.72 Å². The van der Waals surface area contributed by atoms with Gasteiger partial charge in [-0.3, -0.25) is 0 Å². The molecule has 0 heterocycles. The van der Waals surface area contributed by atoms with Gasteiger partial charge in [-0.15, -0.1) is 5.11 Å². The smallest absolute Gasteiger partial charge is 0.242 e. The second kappa shape index (κ2) is 10.3. The Kier molecular flexibility index (Phi) is 7.51. The molecule has 0 spiro atoms. The summed E-state index contributed by atoms with van der Waals surface area (Å²) in [7, 11) is 0.156. The summed E-state index contributed by atoms with van der Waals surface area (Å²) >= 11 is 0. The summed E-state index contributed by atoms with van der Waals surface area (Å²) in [6.07, 6.45) is 0.547. The first kappa shape index (κ1) is 22.6. The van der Waals surface area contributed by atoms with E-state index < -0.39 is 10.0 Å². The second-order valence-electron chi connectivity index (χ2n) is 7.20. The molecule has 0 amide bonds. The molecule has 0 aromatic heterocycles. The van der Waals surface area contributed by atoms with Crippen LogP contribution in [0.2, 0.25) is 0 Å². The highest BCUT2D eigenvalue weighted by Crippen LogP contribution is 2.32. The number of nitrogens with one attached hydrogen (secondary N) is 1. The zero-order valence-corrected chi connectivity index (χ0v) is 18.5. The molecule has 0 fully saturated rings. The van der Waals surface area contributed by atoms with Gasteiger partial charge in [0, 0.05) is 26.3 Å². The predicted octanol–water partition coefficient (Wildman–Crippen LogP) is 4.46. The Hall–Kier alpha value is -3.07. The van der Waals surface area contributed by atoms with Gasteiger partial charge in [0.15, 0.2) is 0 Å². The SMILES string of the molecule is CN(C)c1ccc(-c2ccc(N=Nc3ccccc3)c(S(=O)(=O)NCCCN)c2)cc1. The Morgan fingerprint density at radius 3 is 2.23 bits per heavy atom. The first-order valence-corrected chi connectivity index (χ1v) is 11.5. The van der Waals surface area contributed by atoms with Crippen molar-refractivity contribution in [3.8, 4) is 11.1 Å². The van der Waals surface area contributed by atoms with Gasteiger partial charge in [0.05, 0.1) is 5.69 Å². The molecule has 0 saturated carbocycles. The maximum absolute atomic E-state index is 13.0. The molecule has 0 aliphatic carbocycles. The minimum atomic E-state index is -3.79. The van der Waals surface area contributed by atoms with Crippen LogP contribution in [0.4, 0.5) is 17.1 Å². The highest BCUT2D eigenvalue weighted by atomic mass is 32.2. The van der Waals surface area contributed by atoms with E-state index >= 15 is 0 Å². The van der Waals surface area contributed by atoms with Gasteiger partial charge in [-0.25, -0.2) is 13.1 Å². The Morgan fingerprint density at radius 1 is 0.903 bits per heavy atom. The molecule has 7 nitrogen and oxygen atoms in total. The van der Waals surface area contributed by atoms with Gasteiger partial charge in [0.2, 0.25) is 10.0 Å². The number of anilines is 1. The number of azo groups is 1. The van der Waals surface area contributed by atoms with Gasteiger partial charge in [-0.1, -0.05) is 36.4 Å². The monoisotopic (exact) mass is 437 g/mol. The van der Waals surface area contributed by atoms with Crippen molar-refractivity contribution >= 4 is 27.1 Å². The van der Waals surface area contributed by atoms with Gasteiger partial charge >= 0.3 is 0 Å². The molecular formula is C23H27N5O2S. The third kappa shape index (κ3) is 5.97. The summed E-state index contributed by atoms with van der Waals surface area (Å²) < 4.78 is 28.6. The molecule has 3 aromatic rings.